The summed E-state index contributed by atoms with van der Waals surface area (Å²) in [5.74, 6) is 1.19. The van der Waals surface area contributed by atoms with Crippen LogP contribution in [0.25, 0.3) is 10.9 Å². The standard InChI is InChI=1S/C18H19N3O3/c1-23-16-8-7-12(9-17(16)24-2)10-18(22)19-11-15-13-5-3-4-6-14(13)20-21-15/h3-9H,10-11H2,1-2H3,(H,19,22)(H,20,21). The first-order valence-electron chi connectivity index (χ1n) is 7.61. The second-order valence-corrected chi connectivity index (χ2v) is 5.36. The lowest BCUT2D eigenvalue weighted by atomic mass is 10.1. The molecule has 0 saturated heterocycles. The Balaban J connectivity index is 1.63. The number of para-hydroxylation sites is 1. The molecule has 0 radical (unpaired) electrons. The van der Waals surface area contributed by atoms with Crippen LogP contribution < -0.4 is 14.8 Å². The third-order valence-electron chi connectivity index (χ3n) is 3.82. The summed E-state index contributed by atoms with van der Waals surface area (Å²) in [6.45, 7) is 0.409. The monoisotopic (exact) mass is 325 g/mol. The summed E-state index contributed by atoms with van der Waals surface area (Å²) in [6, 6.07) is 13.3. The van der Waals surface area contributed by atoms with Crippen molar-refractivity contribution in [2.75, 3.05) is 14.2 Å². The van der Waals surface area contributed by atoms with Gasteiger partial charge in [-0.25, -0.2) is 0 Å². The Bertz CT molecular complexity index is 858. The van der Waals surface area contributed by atoms with Gasteiger partial charge in [-0.2, -0.15) is 5.10 Å². The molecule has 1 aromatic heterocycles. The SMILES string of the molecule is COc1ccc(CC(=O)NCc2[nH]nc3ccccc23)cc1OC. The van der Waals surface area contributed by atoms with Gasteiger partial charge >= 0.3 is 0 Å². The topological polar surface area (TPSA) is 76.2 Å². The zero-order chi connectivity index (χ0) is 16.9. The predicted octanol–water partition coefficient (Wildman–Crippen LogP) is 2.44. The zero-order valence-corrected chi connectivity index (χ0v) is 13.6. The van der Waals surface area contributed by atoms with Crippen LogP contribution in [-0.4, -0.2) is 30.3 Å². The highest BCUT2D eigenvalue weighted by molar-refractivity contribution is 5.82. The van der Waals surface area contributed by atoms with E-state index in [1.54, 1.807) is 20.3 Å². The van der Waals surface area contributed by atoms with Gasteiger partial charge in [0.15, 0.2) is 11.5 Å². The van der Waals surface area contributed by atoms with E-state index in [0.29, 0.717) is 18.0 Å². The highest BCUT2D eigenvalue weighted by Gasteiger charge is 2.10. The molecule has 3 aromatic rings. The minimum Gasteiger partial charge on any atom is -0.493 e. The Morgan fingerprint density at radius 2 is 1.92 bits per heavy atom. The van der Waals surface area contributed by atoms with Gasteiger partial charge in [0.2, 0.25) is 5.91 Å². The lowest BCUT2D eigenvalue weighted by Crippen LogP contribution is -2.24. The number of amides is 1. The number of carbonyl (C=O) groups is 1. The second-order valence-electron chi connectivity index (χ2n) is 5.36. The number of H-pyrrole nitrogens is 1. The Labute approximate surface area is 139 Å². The van der Waals surface area contributed by atoms with E-state index in [4.69, 9.17) is 9.47 Å². The van der Waals surface area contributed by atoms with Crippen LogP contribution in [0, 0.1) is 0 Å². The number of aromatic amines is 1. The average molecular weight is 325 g/mol. The lowest BCUT2D eigenvalue weighted by molar-refractivity contribution is -0.120. The first-order valence-corrected chi connectivity index (χ1v) is 7.61. The highest BCUT2D eigenvalue weighted by Crippen LogP contribution is 2.27. The van der Waals surface area contributed by atoms with Crippen LogP contribution in [0.15, 0.2) is 42.5 Å². The Morgan fingerprint density at radius 1 is 1.12 bits per heavy atom. The first-order chi connectivity index (χ1) is 11.7. The summed E-state index contributed by atoms with van der Waals surface area (Å²) in [4.78, 5) is 12.2. The van der Waals surface area contributed by atoms with Crippen LogP contribution in [-0.2, 0) is 17.8 Å². The van der Waals surface area contributed by atoms with E-state index >= 15 is 0 Å². The molecule has 1 amide bonds. The number of rotatable bonds is 6. The van der Waals surface area contributed by atoms with Crippen LogP contribution in [0.4, 0.5) is 0 Å². The van der Waals surface area contributed by atoms with Crippen LogP contribution in [0.2, 0.25) is 0 Å². The van der Waals surface area contributed by atoms with Crippen LogP contribution in [0.3, 0.4) is 0 Å². The fraction of sp³-hybridized carbons (Fsp3) is 0.222. The molecule has 0 bridgehead atoms. The van der Waals surface area contributed by atoms with Crippen molar-refractivity contribution in [3.8, 4) is 11.5 Å². The van der Waals surface area contributed by atoms with E-state index in [9.17, 15) is 4.79 Å². The fourth-order valence-corrected chi connectivity index (χ4v) is 2.57. The number of nitrogens with zero attached hydrogens (tertiary/aromatic N) is 1. The summed E-state index contributed by atoms with van der Waals surface area (Å²) in [6.07, 6.45) is 0.270. The van der Waals surface area contributed by atoms with Crippen LogP contribution in [0.1, 0.15) is 11.3 Å². The van der Waals surface area contributed by atoms with E-state index in [-0.39, 0.29) is 12.3 Å². The quantitative estimate of drug-likeness (QED) is 0.730. The number of carbonyl (C=O) groups excluding carboxylic acids is 1. The van der Waals surface area contributed by atoms with Crippen molar-refractivity contribution in [2.45, 2.75) is 13.0 Å². The molecule has 0 aliphatic heterocycles. The van der Waals surface area contributed by atoms with E-state index in [2.05, 4.69) is 15.5 Å². The summed E-state index contributed by atoms with van der Waals surface area (Å²) in [5, 5.41) is 11.1. The molecular formula is C18H19N3O3. The van der Waals surface area contributed by atoms with Gasteiger partial charge in [0.05, 0.1) is 38.4 Å². The maximum absolute atomic E-state index is 12.2. The summed E-state index contributed by atoms with van der Waals surface area (Å²) in [7, 11) is 3.16. The van der Waals surface area contributed by atoms with Crippen molar-refractivity contribution in [3.63, 3.8) is 0 Å². The van der Waals surface area contributed by atoms with Gasteiger partial charge in [0, 0.05) is 5.39 Å². The smallest absolute Gasteiger partial charge is 0.224 e. The molecule has 2 aromatic carbocycles. The fourth-order valence-electron chi connectivity index (χ4n) is 2.57. The summed E-state index contributed by atoms with van der Waals surface area (Å²) in [5.41, 5.74) is 2.65. The molecule has 6 nitrogen and oxygen atoms in total. The van der Waals surface area contributed by atoms with Gasteiger partial charge in [-0.3, -0.25) is 9.89 Å². The van der Waals surface area contributed by atoms with Crippen LogP contribution >= 0.6 is 0 Å². The zero-order valence-electron chi connectivity index (χ0n) is 13.6. The van der Waals surface area contributed by atoms with Gasteiger partial charge in [0.25, 0.3) is 0 Å². The molecule has 0 unspecified atom stereocenters. The van der Waals surface area contributed by atoms with Crippen molar-refractivity contribution >= 4 is 16.8 Å². The molecule has 0 saturated carbocycles. The van der Waals surface area contributed by atoms with Crippen molar-refractivity contribution in [1.29, 1.82) is 0 Å². The van der Waals surface area contributed by atoms with Gasteiger partial charge < -0.3 is 14.8 Å². The number of benzene rings is 2. The number of hydrogen-bond donors (Lipinski definition) is 2. The molecule has 3 rings (SSSR count). The van der Waals surface area contributed by atoms with Gasteiger partial charge in [0.1, 0.15) is 0 Å². The van der Waals surface area contributed by atoms with E-state index in [1.807, 2.05) is 36.4 Å². The van der Waals surface area contributed by atoms with Gasteiger partial charge in [-0.05, 0) is 23.8 Å². The van der Waals surface area contributed by atoms with Crippen molar-refractivity contribution in [3.05, 3.63) is 53.7 Å². The number of methoxy groups -OCH3 is 2. The number of hydrogen-bond acceptors (Lipinski definition) is 4. The molecule has 24 heavy (non-hydrogen) atoms. The van der Waals surface area contributed by atoms with Crippen molar-refractivity contribution in [1.82, 2.24) is 15.5 Å². The normalized spacial score (nSPS) is 10.6. The van der Waals surface area contributed by atoms with E-state index in [0.717, 1.165) is 22.2 Å². The molecule has 0 atom stereocenters. The molecule has 124 valence electrons. The number of ether oxygens (including phenoxy) is 2. The largest absolute Gasteiger partial charge is 0.493 e. The molecule has 2 N–H and O–H groups in total. The average Bonchev–Trinajstić information content (AvgIpc) is 3.03. The Kier molecular flexibility index (Phi) is 4.65. The Hall–Kier alpha value is -3.02. The lowest BCUT2D eigenvalue weighted by Gasteiger charge is -2.09. The molecule has 0 spiro atoms. The number of aromatic nitrogens is 2. The number of fused-ring (bicyclic) bond motifs is 1. The maximum atomic E-state index is 12.2. The van der Waals surface area contributed by atoms with Gasteiger partial charge in [-0.1, -0.05) is 24.3 Å². The molecule has 1 heterocycles. The highest BCUT2D eigenvalue weighted by atomic mass is 16.5. The molecule has 0 aliphatic rings. The first kappa shape index (κ1) is 15.9. The van der Waals surface area contributed by atoms with E-state index < -0.39 is 0 Å². The van der Waals surface area contributed by atoms with E-state index in [1.165, 1.54) is 0 Å². The number of nitrogens with one attached hydrogen (secondary N) is 2. The Morgan fingerprint density at radius 3 is 2.71 bits per heavy atom. The van der Waals surface area contributed by atoms with Gasteiger partial charge in [-0.15, -0.1) is 0 Å². The predicted molar refractivity (Wildman–Crippen MR) is 91.2 cm³/mol. The van der Waals surface area contributed by atoms with Crippen molar-refractivity contribution in [2.24, 2.45) is 0 Å². The third-order valence-corrected chi connectivity index (χ3v) is 3.82. The summed E-state index contributed by atoms with van der Waals surface area (Å²) >= 11 is 0. The molecule has 0 fully saturated rings. The van der Waals surface area contributed by atoms with Crippen LogP contribution in [0.5, 0.6) is 11.5 Å². The molecular weight excluding hydrogens is 306 g/mol. The minimum absolute atomic E-state index is 0.0686. The second kappa shape index (κ2) is 7.04. The summed E-state index contributed by atoms with van der Waals surface area (Å²) < 4.78 is 10.5. The van der Waals surface area contributed by atoms with Crippen molar-refractivity contribution < 1.29 is 14.3 Å². The third kappa shape index (κ3) is 3.32. The minimum atomic E-state index is -0.0686. The maximum Gasteiger partial charge on any atom is 0.224 e. The molecule has 6 heteroatoms. The molecule has 0 aliphatic carbocycles.